The van der Waals surface area contributed by atoms with Crippen LogP contribution in [0.3, 0.4) is 0 Å². The first-order valence-corrected chi connectivity index (χ1v) is 9.42. The van der Waals surface area contributed by atoms with E-state index in [9.17, 15) is 10.4 Å². The molecule has 186 valence electrons. The number of pyridine rings is 2. The maximum Gasteiger partial charge on any atom is 0.266 e. The van der Waals surface area contributed by atoms with E-state index in [-0.39, 0.29) is 29.6 Å². The van der Waals surface area contributed by atoms with Gasteiger partial charge in [-0.2, -0.15) is 19.7 Å². The van der Waals surface area contributed by atoms with E-state index in [0.717, 1.165) is 0 Å². The van der Waals surface area contributed by atoms with E-state index in [1.54, 1.807) is 38.1 Å². The van der Waals surface area contributed by atoms with Gasteiger partial charge >= 0.3 is 0 Å². The molecule has 2 N–H and O–H groups in total. The minimum Gasteiger partial charge on any atom is -0.696 e. The van der Waals surface area contributed by atoms with Gasteiger partial charge in [0, 0.05) is 28.6 Å². The van der Waals surface area contributed by atoms with E-state index in [2.05, 4.69) is 31.3 Å². The van der Waals surface area contributed by atoms with Crippen molar-refractivity contribution in [1.82, 2.24) is 9.97 Å². The van der Waals surface area contributed by atoms with Crippen molar-refractivity contribution < 1.29 is 45.2 Å². The number of hydrogen-bond donors (Lipinski definition) is 2. The third-order valence-electron chi connectivity index (χ3n) is 3.58. The summed E-state index contributed by atoms with van der Waals surface area (Å²) >= 11 is 0. The summed E-state index contributed by atoms with van der Waals surface area (Å²) < 4.78 is 19.9. The maximum absolute atomic E-state index is 10.9. The second kappa shape index (κ2) is 16.1. The summed E-state index contributed by atoms with van der Waals surface area (Å²) in [5, 5.41) is 28.9. The van der Waals surface area contributed by atoms with Crippen molar-refractivity contribution >= 4 is 11.4 Å². The standard InChI is InChI=1S/2C9H14N4O3.Ni/c2*1-4-13(14)12-11-7-5-6-8(15-2)10-9(7)16-3;/h2*5-6,11H,4H2,1-3H3;/b2*13-12+;. The third-order valence-corrected chi connectivity index (χ3v) is 3.58. The van der Waals surface area contributed by atoms with E-state index in [1.165, 1.54) is 28.4 Å². The zero-order valence-electron chi connectivity index (χ0n) is 19.2. The average molecular weight is 511 g/mol. The van der Waals surface area contributed by atoms with Gasteiger partial charge in [0.2, 0.25) is 23.1 Å². The topological polar surface area (TPSA) is 164 Å². The van der Waals surface area contributed by atoms with E-state index in [1.807, 2.05) is 0 Å². The summed E-state index contributed by atoms with van der Waals surface area (Å²) in [7, 11) is 5.97. The molecule has 0 amide bonds. The summed E-state index contributed by atoms with van der Waals surface area (Å²) in [6.45, 7) is 3.92. The Bertz CT molecular complexity index is 842. The molecule has 0 bridgehead atoms. The Hall–Kier alpha value is -3.61. The fourth-order valence-electron chi connectivity index (χ4n) is 1.92. The predicted octanol–water partition coefficient (Wildman–Crippen LogP) is 2.81. The molecule has 0 spiro atoms. The normalized spacial score (nSPS) is 10.7. The summed E-state index contributed by atoms with van der Waals surface area (Å²) in [6, 6.07) is 6.61. The van der Waals surface area contributed by atoms with Gasteiger partial charge in [-0.25, -0.2) is 0 Å². The van der Waals surface area contributed by atoms with Crippen LogP contribution in [-0.2, 0) is 16.5 Å². The van der Waals surface area contributed by atoms with Crippen molar-refractivity contribution in [2.75, 3.05) is 52.4 Å². The van der Waals surface area contributed by atoms with Crippen LogP contribution < -0.4 is 29.8 Å². The quantitative estimate of drug-likeness (QED) is 0.210. The molecule has 2 heterocycles. The summed E-state index contributed by atoms with van der Waals surface area (Å²) in [5.41, 5.74) is 6.12. The van der Waals surface area contributed by atoms with Gasteiger partial charge in [-0.05, 0) is 26.0 Å². The second-order valence-electron chi connectivity index (χ2n) is 5.58. The summed E-state index contributed by atoms with van der Waals surface area (Å²) in [5.74, 6) is 1.48. The number of ether oxygens (including phenoxy) is 4. The number of aromatic nitrogens is 2. The molecule has 0 aliphatic heterocycles. The number of nitrogens with one attached hydrogen (secondary N) is 2. The molecule has 2 aromatic rings. The van der Waals surface area contributed by atoms with Crippen LogP contribution in [0.2, 0.25) is 0 Å². The molecule has 0 aliphatic rings. The Labute approximate surface area is 201 Å². The molecular formula is C18H28N8NiO6. The van der Waals surface area contributed by atoms with Crippen LogP contribution >= 0.6 is 0 Å². The van der Waals surface area contributed by atoms with Gasteiger partial charge in [0.1, 0.15) is 13.1 Å². The SMILES string of the molecule is CC/[N+]([O-])=N\Nc1ccc(OC)nc1OC.CC/[N+]([O-])=N\Nc1ccc(OC)nc1OC.[Ni]. The minimum absolute atomic E-state index is 0. The van der Waals surface area contributed by atoms with Crippen molar-refractivity contribution in [3.63, 3.8) is 0 Å². The monoisotopic (exact) mass is 510 g/mol. The Morgan fingerprint density at radius 2 is 1.09 bits per heavy atom. The van der Waals surface area contributed by atoms with E-state index < -0.39 is 0 Å². The van der Waals surface area contributed by atoms with Crippen LogP contribution in [0.1, 0.15) is 13.8 Å². The van der Waals surface area contributed by atoms with Gasteiger partial charge in [-0.1, -0.05) is 0 Å². The number of anilines is 2. The molecule has 0 unspecified atom stereocenters. The van der Waals surface area contributed by atoms with Crippen LogP contribution in [0.4, 0.5) is 11.4 Å². The number of hydrogen-bond acceptors (Lipinski definition) is 10. The fourth-order valence-corrected chi connectivity index (χ4v) is 1.92. The molecule has 0 radical (unpaired) electrons. The minimum atomic E-state index is 0. The van der Waals surface area contributed by atoms with Gasteiger partial charge < -0.3 is 29.4 Å². The Kier molecular flexibility index (Phi) is 14.3. The van der Waals surface area contributed by atoms with E-state index in [0.29, 0.717) is 44.6 Å². The number of methoxy groups -OCH3 is 4. The van der Waals surface area contributed by atoms with Gasteiger partial charge in [0.05, 0.1) is 38.9 Å². The van der Waals surface area contributed by atoms with Crippen molar-refractivity contribution in [3.05, 3.63) is 34.7 Å². The van der Waals surface area contributed by atoms with Crippen LogP contribution in [0, 0.1) is 10.4 Å². The maximum atomic E-state index is 10.9. The zero-order valence-corrected chi connectivity index (χ0v) is 20.2. The molecule has 14 nitrogen and oxygen atoms in total. The first-order chi connectivity index (χ1) is 15.4. The number of nitrogens with zero attached hydrogens (tertiary/aromatic N) is 6. The molecule has 0 saturated carbocycles. The molecule has 0 aromatic carbocycles. The van der Waals surface area contributed by atoms with Crippen LogP contribution in [-0.4, -0.2) is 61.2 Å². The van der Waals surface area contributed by atoms with Gasteiger partial charge in [0.25, 0.3) is 11.8 Å². The van der Waals surface area contributed by atoms with Crippen LogP contribution in [0.25, 0.3) is 0 Å². The zero-order chi connectivity index (χ0) is 23.9. The average Bonchev–Trinajstić information content (AvgIpc) is 2.85. The Balaban J connectivity index is 0.000000602. The summed E-state index contributed by atoms with van der Waals surface area (Å²) in [6.07, 6.45) is 0. The van der Waals surface area contributed by atoms with E-state index >= 15 is 0 Å². The first-order valence-electron chi connectivity index (χ1n) is 9.42. The van der Waals surface area contributed by atoms with Gasteiger partial charge in [-0.15, -0.1) is 10.9 Å². The van der Waals surface area contributed by atoms with Gasteiger partial charge in [-0.3, -0.25) is 0 Å². The van der Waals surface area contributed by atoms with E-state index in [4.69, 9.17) is 18.9 Å². The first kappa shape index (κ1) is 29.4. The molecule has 2 aromatic heterocycles. The molecular weight excluding hydrogens is 483 g/mol. The number of hydroxylamine groups is 2. The van der Waals surface area contributed by atoms with Crippen LogP contribution in [0.15, 0.2) is 34.7 Å². The number of rotatable bonds is 10. The van der Waals surface area contributed by atoms with Crippen LogP contribution in [0.5, 0.6) is 23.5 Å². The molecule has 2 rings (SSSR count). The van der Waals surface area contributed by atoms with Crippen molar-refractivity contribution in [3.8, 4) is 23.5 Å². The second-order valence-corrected chi connectivity index (χ2v) is 5.58. The van der Waals surface area contributed by atoms with Gasteiger partial charge in [0.15, 0.2) is 0 Å². The largest absolute Gasteiger partial charge is 0.696 e. The Morgan fingerprint density at radius 1 is 0.727 bits per heavy atom. The summed E-state index contributed by atoms with van der Waals surface area (Å²) in [4.78, 5) is 9.09. The Morgan fingerprint density at radius 3 is 1.36 bits per heavy atom. The molecule has 0 aliphatic carbocycles. The molecule has 15 heteroatoms. The van der Waals surface area contributed by atoms with Crippen molar-refractivity contribution in [2.45, 2.75) is 13.8 Å². The molecule has 0 saturated heterocycles. The molecule has 33 heavy (non-hydrogen) atoms. The predicted molar refractivity (Wildman–Crippen MR) is 115 cm³/mol. The molecule has 0 atom stereocenters. The van der Waals surface area contributed by atoms with Crippen molar-refractivity contribution in [1.29, 1.82) is 0 Å². The van der Waals surface area contributed by atoms with Crippen molar-refractivity contribution in [2.24, 2.45) is 10.4 Å². The third kappa shape index (κ3) is 10.0. The fraction of sp³-hybridized carbons (Fsp3) is 0.444. The molecule has 0 fully saturated rings. The smallest absolute Gasteiger partial charge is 0.266 e.